The van der Waals surface area contributed by atoms with Gasteiger partial charge in [-0.05, 0) is 31.4 Å². The number of aryl methyl sites for hydroxylation is 1. The van der Waals surface area contributed by atoms with E-state index in [1.54, 1.807) is 6.92 Å². The molecule has 0 unspecified atom stereocenters. The molecule has 27 heavy (non-hydrogen) atoms. The van der Waals surface area contributed by atoms with Crippen LogP contribution in [-0.4, -0.2) is 40.7 Å². The maximum Gasteiger partial charge on any atom is 0.245 e. The number of amides is 2. The summed E-state index contributed by atoms with van der Waals surface area (Å²) in [6, 6.07) is 11.9. The van der Waals surface area contributed by atoms with Gasteiger partial charge in [0, 0.05) is 18.7 Å². The van der Waals surface area contributed by atoms with Crippen LogP contribution in [0.5, 0.6) is 0 Å². The number of halogens is 2. The average Bonchev–Trinajstić information content (AvgIpc) is 2.67. The van der Waals surface area contributed by atoms with E-state index in [2.05, 4.69) is 0 Å². The second kappa shape index (κ2) is 7.86. The fourth-order valence-electron chi connectivity index (χ4n) is 3.26. The van der Waals surface area contributed by atoms with Crippen LogP contribution in [0.4, 0.5) is 8.78 Å². The molecule has 1 atom stereocenters. The molecular formula is C21H22F2N2O2. The average molecular weight is 372 g/mol. The van der Waals surface area contributed by atoms with Gasteiger partial charge in [-0.15, -0.1) is 0 Å². The molecule has 0 radical (unpaired) electrons. The van der Waals surface area contributed by atoms with Gasteiger partial charge in [0.15, 0.2) is 11.6 Å². The lowest BCUT2D eigenvalue weighted by molar-refractivity contribution is -0.155. The summed E-state index contributed by atoms with van der Waals surface area (Å²) < 4.78 is 27.9. The van der Waals surface area contributed by atoms with E-state index in [9.17, 15) is 18.4 Å². The van der Waals surface area contributed by atoms with E-state index in [-0.39, 0.29) is 36.0 Å². The summed E-state index contributed by atoms with van der Waals surface area (Å²) in [4.78, 5) is 28.1. The van der Waals surface area contributed by atoms with E-state index in [1.807, 2.05) is 30.3 Å². The molecule has 0 aromatic heterocycles. The van der Waals surface area contributed by atoms with Crippen LogP contribution >= 0.6 is 0 Å². The zero-order valence-corrected chi connectivity index (χ0v) is 15.4. The summed E-state index contributed by atoms with van der Waals surface area (Å²) >= 11 is 0. The Balaban J connectivity index is 1.69. The molecule has 0 saturated carbocycles. The van der Waals surface area contributed by atoms with Crippen molar-refractivity contribution in [3.05, 3.63) is 70.8 Å². The number of nitrogens with zero attached hydrogens (tertiary/aromatic N) is 2. The van der Waals surface area contributed by atoms with Gasteiger partial charge >= 0.3 is 0 Å². The second-order valence-corrected chi connectivity index (χ2v) is 6.86. The van der Waals surface area contributed by atoms with Crippen LogP contribution in [0.1, 0.15) is 23.6 Å². The van der Waals surface area contributed by atoms with Gasteiger partial charge in [-0.25, -0.2) is 8.78 Å². The third kappa shape index (κ3) is 3.99. The molecule has 2 aromatic rings. The maximum absolute atomic E-state index is 14.1. The van der Waals surface area contributed by atoms with Gasteiger partial charge in [0.1, 0.15) is 6.04 Å². The fraction of sp³-hybridized carbons (Fsp3) is 0.333. The summed E-state index contributed by atoms with van der Waals surface area (Å²) in [5.74, 6) is -2.33. The Hall–Kier alpha value is -2.76. The molecule has 142 valence electrons. The van der Waals surface area contributed by atoms with E-state index in [0.29, 0.717) is 13.0 Å². The smallest absolute Gasteiger partial charge is 0.245 e. The molecule has 1 aliphatic rings. The summed E-state index contributed by atoms with van der Waals surface area (Å²) in [7, 11) is 0. The normalized spacial score (nSPS) is 17.6. The third-order valence-electron chi connectivity index (χ3n) is 4.99. The van der Waals surface area contributed by atoms with Gasteiger partial charge in [0.25, 0.3) is 0 Å². The van der Waals surface area contributed by atoms with Crippen molar-refractivity contribution in [2.45, 2.75) is 32.9 Å². The van der Waals surface area contributed by atoms with Crippen molar-refractivity contribution in [3.8, 4) is 0 Å². The van der Waals surface area contributed by atoms with Crippen LogP contribution in [0.3, 0.4) is 0 Å². The van der Waals surface area contributed by atoms with Gasteiger partial charge in [-0.2, -0.15) is 0 Å². The molecule has 0 aliphatic carbocycles. The fourth-order valence-corrected chi connectivity index (χ4v) is 3.26. The third-order valence-corrected chi connectivity index (χ3v) is 4.99. The number of hydrogen-bond donors (Lipinski definition) is 0. The van der Waals surface area contributed by atoms with Crippen LogP contribution in [0.2, 0.25) is 0 Å². The first-order chi connectivity index (χ1) is 12.9. The minimum atomic E-state index is -0.964. The van der Waals surface area contributed by atoms with Crippen LogP contribution in [-0.2, 0) is 22.6 Å². The molecule has 2 aromatic carbocycles. The lowest BCUT2D eigenvalue weighted by Crippen LogP contribution is -2.58. The Kier molecular flexibility index (Phi) is 5.54. The summed E-state index contributed by atoms with van der Waals surface area (Å²) in [5, 5.41) is 0. The maximum atomic E-state index is 14.1. The van der Waals surface area contributed by atoms with E-state index in [4.69, 9.17) is 0 Å². The van der Waals surface area contributed by atoms with Gasteiger partial charge in [-0.3, -0.25) is 9.59 Å². The molecule has 0 spiro atoms. The van der Waals surface area contributed by atoms with Gasteiger partial charge in [0.05, 0.1) is 6.54 Å². The number of hydrogen-bond acceptors (Lipinski definition) is 2. The first-order valence-corrected chi connectivity index (χ1v) is 8.94. The van der Waals surface area contributed by atoms with E-state index in [1.165, 1.54) is 28.9 Å². The predicted octanol–water partition coefficient (Wildman–Crippen LogP) is 3.08. The van der Waals surface area contributed by atoms with E-state index < -0.39 is 17.7 Å². The van der Waals surface area contributed by atoms with Crippen LogP contribution < -0.4 is 0 Å². The number of carbonyl (C=O) groups is 2. The van der Waals surface area contributed by atoms with Crippen LogP contribution in [0.25, 0.3) is 0 Å². The van der Waals surface area contributed by atoms with Gasteiger partial charge in [-0.1, -0.05) is 42.5 Å². The van der Waals surface area contributed by atoms with Crippen LogP contribution in [0.15, 0.2) is 42.5 Å². The SMILES string of the molecule is Cc1ccc(CN2C(=O)CN(CCc3ccccc3)C(=O)[C@@H]2C)c(F)c1F. The van der Waals surface area contributed by atoms with Crippen molar-refractivity contribution in [1.29, 1.82) is 0 Å². The first-order valence-electron chi connectivity index (χ1n) is 8.94. The van der Waals surface area contributed by atoms with Crippen molar-refractivity contribution in [1.82, 2.24) is 9.80 Å². The van der Waals surface area contributed by atoms with Crippen molar-refractivity contribution in [2.24, 2.45) is 0 Å². The van der Waals surface area contributed by atoms with Crippen molar-refractivity contribution >= 4 is 11.8 Å². The predicted molar refractivity (Wildman–Crippen MR) is 97.8 cm³/mol. The molecule has 0 N–H and O–H groups in total. The molecule has 1 fully saturated rings. The van der Waals surface area contributed by atoms with Gasteiger partial charge < -0.3 is 9.80 Å². The van der Waals surface area contributed by atoms with Crippen molar-refractivity contribution in [3.63, 3.8) is 0 Å². The Bertz CT molecular complexity index is 855. The molecule has 0 bridgehead atoms. The summed E-state index contributed by atoms with van der Waals surface area (Å²) in [6.45, 7) is 3.37. The molecule has 3 rings (SSSR count). The molecule has 1 saturated heterocycles. The standard InChI is InChI=1S/C21H22F2N2O2/c1-14-8-9-17(20(23)19(14)22)12-25-15(2)21(27)24(13-18(25)26)11-10-16-6-4-3-5-7-16/h3-9,15H,10-13H2,1-2H3/t15-/m0/s1. The van der Waals surface area contributed by atoms with E-state index >= 15 is 0 Å². The summed E-state index contributed by atoms with van der Waals surface area (Å²) in [6.07, 6.45) is 0.657. The quantitative estimate of drug-likeness (QED) is 0.809. The monoisotopic (exact) mass is 372 g/mol. The number of benzene rings is 2. The highest BCUT2D eigenvalue weighted by Gasteiger charge is 2.36. The number of carbonyl (C=O) groups excluding carboxylic acids is 2. The minimum absolute atomic E-state index is 0.0496. The highest BCUT2D eigenvalue weighted by molar-refractivity contribution is 5.94. The molecular weight excluding hydrogens is 350 g/mol. The lowest BCUT2D eigenvalue weighted by atomic mass is 10.1. The Labute approximate surface area is 157 Å². The Morgan fingerprint density at radius 3 is 2.44 bits per heavy atom. The van der Waals surface area contributed by atoms with Gasteiger partial charge in [0.2, 0.25) is 11.8 Å². The first kappa shape index (κ1) is 19.0. The summed E-state index contributed by atoms with van der Waals surface area (Å²) in [5.41, 5.74) is 1.37. The Morgan fingerprint density at radius 1 is 1.04 bits per heavy atom. The molecule has 6 heteroatoms. The second-order valence-electron chi connectivity index (χ2n) is 6.86. The molecule has 1 aliphatic heterocycles. The highest BCUT2D eigenvalue weighted by Crippen LogP contribution is 2.21. The number of rotatable bonds is 5. The Morgan fingerprint density at radius 2 is 1.74 bits per heavy atom. The molecule has 1 heterocycles. The molecule has 4 nitrogen and oxygen atoms in total. The van der Waals surface area contributed by atoms with Crippen molar-refractivity contribution in [2.75, 3.05) is 13.1 Å². The highest BCUT2D eigenvalue weighted by atomic mass is 19.2. The van der Waals surface area contributed by atoms with E-state index in [0.717, 1.165) is 5.56 Å². The van der Waals surface area contributed by atoms with Crippen LogP contribution in [0, 0.1) is 18.6 Å². The number of piperazine rings is 1. The topological polar surface area (TPSA) is 40.6 Å². The minimum Gasteiger partial charge on any atom is -0.331 e. The molecule has 2 amide bonds. The lowest BCUT2D eigenvalue weighted by Gasteiger charge is -2.39. The zero-order chi connectivity index (χ0) is 19.6. The largest absolute Gasteiger partial charge is 0.331 e. The van der Waals surface area contributed by atoms with Crippen molar-refractivity contribution < 1.29 is 18.4 Å². The zero-order valence-electron chi connectivity index (χ0n) is 15.4.